The molecule has 0 aliphatic carbocycles. The van der Waals surface area contributed by atoms with Crippen molar-refractivity contribution >= 4 is 6.29 Å². The number of benzene rings is 1. The van der Waals surface area contributed by atoms with Crippen molar-refractivity contribution in [3.63, 3.8) is 0 Å². The van der Waals surface area contributed by atoms with Gasteiger partial charge in [-0.25, -0.2) is 0 Å². The average Bonchev–Trinajstić information content (AvgIpc) is 2.10. The molecule has 0 fully saturated rings. The number of hydrogen-bond donors (Lipinski definition) is 2. The molecule has 0 radical (unpaired) electrons. The van der Waals surface area contributed by atoms with Crippen LogP contribution in [0, 0.1) is 0 Å². The van der Waals surface area contributed by atoms with Crippen LogP contribution in [0.4, 0.5) is 0 Å². The summed E-state index contributed by atoms with van der Waals surface area (Å²) in [6.45, 7) is 0.606. The summed E-state index contributed by atoms with van der Waals surface area (Å²) >= 11 is 0. The highest BCUT2D eigenvalue weighted by molar-refractivity contribution is 5.81. The van der Waals surface area contributed by atoms with Crippen LogP contribution < -0.4 is 0 Å². The van der Waals surface area contributed by atoms with E-state index in [1.165, 1.54) is 6.07 Å². The van der Waals surface area contributed by atoms with Gasteiger partial charge in [-0.2, -0.15) is 0 Å². The molecule has 0 amide bonds. The predicted octanol–water partition coefficient (Wildman–Crippen LogP) is 0.972. The van der Waals surface area contributed by atoms with Gasteiger partial charge in [0.15, 0.2) is 17.8 Å². The van der Waals surface area contributed by atoms with Crippen LogP contribution in [0.3, 0.4) is 0 Å². The fourth-order valence-corrected chi connectivity index (χ4v) is 1.25. The van der Waals surface area contributed by atoms with Crippen LogP contribution in [0.5, 0.6) is 11.5 Å². The number of carbonyl (C=O) groups excluding carboxylic acids is 1. The molecule has 76 valence electrons. The fourth-order valence-electron chi connectivity index (χ4n) is 1.25. The second-order valence-electron chi connectivity index (χ2n) is 3.41. The molecule has 0 saturated heterocycles. The Labute approximate surface area is 82.4 Å². The maximum Gasteiger partial charge on any atom is 0.168 e. The molecular formula is C10H13NO3. The lowest BCUT2D eigenvalue weighted by Gasteiger charge is -2.11. The molecule has 0 unspecified atom stereocenters. The number of carbonyl (C=O) groups is 1. The van der Waals surface area contributed by atoms with Gasteiger partial charge in [-0.3, -0.25) is 4.79 Å². The largest absolute Gasteiger partial charge is 0.504 e. The van der Waals surface area contributed by atoms with E-state index in [1.54, 1.807) is 6.07 Å². The molecule has 0 aliphatic rings. The number of hydrogen-bond acceptors (Lipinski definition) is 4. The van der Waals surface area contributed by atoms with Crippen LogP contribution >= 0.6 is 0 Å². The Hall–Kier alpha value is -1.55. The fraction of sp³-hybridized carbons (Fsp3) is 0.300. The topological polar surface area (TPSA) is 60.8 Å². The lowest BCUT2D eigenvalue weighted by atomic mass is 10.1. The van der Waals surface area contributed by atoms with Crippen molar-refractivity contribution < 1.29 is 15.0 Å². The summed E-state index contributed by atoms with van der Waals surface area (Å²) in [4.78, 5) is 12.4. The molecule has 14 heavy (non-hydrogen) atoms. The van der Waals surface area contributed by atoms with E-state index in [1.807, 2.05) is 19.0 Å². The molecular weight excluding hydrogens is 182 g/mol. The van der Waals surface area contributed by atoms with Crippen LogP contribution in [0.25, 0.3) is 0 Å². The Morgan fingerprint density at radius 2 is 2.00 bits per heavy atom. The first-order chi connectivity index (χ1) is 6.54. The summed E-state index contributed by atoms with van der Waals surface area (Å²) in [5.74, 6) is -0.617. The normalized spacial score (nSPS) is 10.5. The molecule has 0 bridgehead atoms. The van der Waals surface area contributed by atoms with Crippen molar-refractivity contribution in [2.24, 2.45) is 0 Å². The van der Waals surface area contributed by atoms with Gasteiger partial charge in [0.25, 0.3) is 0 Å². The van der Waals surface area contributed by atoms with Gasteiger partial charge >= 0.3 is 0 Å². The van der Waals surface area contributed by atoms with Gasteiger partial charge in [-0.1, -0.05) is 0 Å². The highest BCUT2D eigenvalue weighted by atomic mass is 16.3. The number of aromatic hydroxyl groups is 2. The summed E-state index contributed by atoms with van der Waals surface area (Å²) in [6, 6.07) is 3.00. The Balaban J connectivity index is 3.09. The average molecular weight is 195 g/mol. The van der Waals surface area contributed by atoms with E-state index >= 15 is 0 Å². The van der Waals surface area contributed by atoms with Crippen LogP contribution in [0.2, 0.25) is 0 Å². The Bertz CT molecular complexity index is 347. The van der Waals surface area contributed by atoms with Crippen molar-refractivity contribution in [3.05, 3.63) is 23.3 Å². The van der Waals surface area contributed by atoms with Crippen molar-refractivity contribution in [1.29, 1.82) is 0 Å². The molecule has 2 N–H and O–H groups in total. The van der Waals surface area contributed by atoms with Crippen LogP contribution in [-0.2, 0) is 6.54 Å². The number of phenols is 2. The van der Waals surface area contributed by atoms with Gasteiger partial charge < -0.3 is 15.1 Å². The Morgan fingerprint density at radius 3 is 2.50 bits per heavy atom. The lowest BCUT2D eigenvalue weighted by molar-refractivity contribution is 0.112. The molecule has 0 atom stereocenters. The summed E-state index contributed by atoms with van der Waals surface area (Å²) < 4.78 is 0. The van der Waals surface area contributed by atoms with Gasteiger partial charge in [-0.05, 0) is 31.8 Å². The van der Waals surface area contributed by atoms with E-state index in [2.05, 4.69) is 0 Å². The van der Waals surface area contributed by atoms with E-state index in [9.17, 15) is 15.0 Å². The third-order valence-corrected chi connectivity index (χ3v) is 1.80. The zero-order valence-corrected chi connectivity index (χ0v) is 8.19. The first kappa shape index (κ1) is 10.5. The minimum Gasteiger partial charge on any atom is -0.504 e. The summed E-state index contributed by atoms with van der Waals surface area (Å²) in [6.07, 6.45) is 0.522. The minimum absolute atomic E-state index is 0.113. The Kier molecular flexibility index (Phi) is 3.09. The molecule has 4 nitrogen and oxygen atoms in total. The monoisotopic (exact) mass is 195 g/mol. The van der Waals surface area contributed by atoms with E-state index in [4.69, 9.17) is 0 Å². The summed E-state index contributed by atoms with van der Waals surface area (Å²) in [5, 5.41) is 18.6. The SMILES string of the molecule is CN(C)Cc1cc(O)c(O)c(C=O)c1. The molecule has 0 saturated carbocycles. The van der Waals surface area contributed by atoms with Crippen molar-refractivity contribution in [3.8, 4) is 11.5 Å². The number of aldehydes is 1. The molecule has 0 aromatic heterocycles. The molecule has 1 aromatic carbocycles. The molecule has 0 aliphatic heterocycles. The van der Waals surface area contributed by atoms with E-state index in [0.717, 1.165) is 5.56 Å². The molecule has 0 heterocycles. The van der Waals surface area contributed by atoms with Crippen LogP contribution in [0.15, 0.2) is 12.1 Å². The zero-order valence-electron chi connectivity index (χ0n) is 8.19. The molecule has 0 spiro atoms. The van der Waals surface area contributed by atoms with Gasteiger partial charge in [0.05, 0.1) is 5.56 Å². The van der Waals surface area contributed by atoms with Crippen molar-refractivity contribution in [2.45, 2.75) is 6.54 Å². The third-order valence-electron chi connectivity index (χ3n) is 1.80. The van der Waals surface area contributed by atoms with Crippen LogP contribution in [-0.4, -0.2) is 35.5 Å². The minimum atomic E-state index is -0.359. The summed E-state index contributed by atoms with van der Waals surface area (Å²) in [5.41, 5.74) is 0.897. The maximum atomic E-state index is 10.5. The lowest BCUT2D eigenvalue weighted by Crippen LogP contribution is -2.10. The van der Waals surface area contributed by atoms with E-state index in [0.29, 0.717) is 12.8 Å². The third kappa shape index (κ3) is 2.23. The Morgan fingerprint density at radius 1 is 1.36 bits per heavy atom. The van der Waals surface area contributed by atoms with Crippen LogP contribution in [0.1, 0.15) is 15.9 Å². The van der Waals surface area contributed by atoms with Gasteiger partial charge in [0.1, 0.15) is 0 Å². The predicted molar refractivity (Wildman–Crippen MR) is 52.6 cm³/mol. The second-order valence-corrected chi connectivity index (χ2v) is 3.41. The van der Waals surface area contributed by atoms with Gasteiger partial charge in [-0.15, -0.1) is 0 Å². The standard InChI is InChI=1S/C10H13NO3/c1-11(2)5-7-3-8(6-12)10(14)9(13)4-7/h3-4,6,13-14H,5H2,1-2H3. The van der Waals surface area contributed by atoms with E-state index < -0.39 is 0 Å². The second kappa shape index (κ2) is 4.11. The highest BCUT2D eigenvalue weighted by Crippen LogP contribution is 2.29. The van der Waals surface area contributed by atoms with Gasteiger partial charge in [0, 0.05) is 6.54 Å². The number of nitrogens with zero attached hydrogens (tertiary/aromatic N) is 1. The molecule has 1 aromatic rings. The first-order valence-corrected chi connectivity index (χ1v) is 4.19. The number of phenolic OH excluding ortho intramolecular Hbond substituents is 2. The van der Waals surface area contributed by atoms with Crippen molar-refractivity contribution in [1.82, 2.24) is 4.90 Å². The number of rotatable bonds is 3. The smallest absolute Gasteiger partial charge is 0.168 e. The highest BCUT2D eigenvalue weighted by Gasteiger charge is 2.08. The maximum absolute atomic E-state index is 10.5. The first-order valence-electron chi connectivity index (χ1n) is 4.19. The molecule has 4 heteroatoms. The van der Waals surface area contributed by atoms with E-state index in [-0.39, 0.29) is 17.1 Å². The molecule has 1 rings (SSSR count). The summed E-state index contributed by atoms with van der Waals surface area (Å²) in [7, 11) is 3.76. The van der Waals surface area contributed by atoms with Gasteiger partial charge in [0.2, 0.25) is 0 Å². The quantitative estimate of drug-likeness (QED) is 0.557. The van der Waals surface area contributed by atoms with Crippen molar-refractivity contribution in [2.75, 3.05) is 14.1 Å². The zero-order chi connectivity index (χ0) is 10.7.